The number of carbonyl (C=O) groups excluding carboxylic acids is 2. The van der Waals surface area contributed by atoms with Crippen LogP contribution in [0.5, 0.6) is 0 Å². The van der Waals surface area contributed by atoms with Gasteiger partial charge in [-0.1, -0.05) is 89.4 Å². The summed E-state index contributed by atoms with van der Waals surface area (Å²) < 4.78 is 70.2. The molecule has 14 heteroatoms. The summed E-state index contributed by atoms with van der Waals surface area (Å²) in [6.45, 7) is 2.20. The zero-order valence-electron chi connectivity index (χ0n) is 25.7. The van der Waals surface area contributed by atoms with Crippen LogP contribution in [0.2, 0.25) is 15.1 Å². The average molecular weight is 741 g/mol. The van der Waals surface area contributed by atoms with Crippen LogP contribution in [-0.2, 0) is 38.8 Å². The van der Waals surface area contributed by atoms with E-state index in [4.69, 9.17) is 34.8 Å². The van der Waals surface area contributed by atoms with Crippen LogP contribution in [0.15, 0.2) is 102 Å². The van der Waals surface area contributed by atoms with Crippen LogP contribution in [0.25, 0.3) is 0 Å². The maximum absolute atomic E-state index is 14.5. The molecule has 4 rings (SSSR count). The zero-order chi connectivity index (χ0) is 35.2. The summed E-state index contributed by atoms with van der Waals surface area (Å²) in [7, 11) is -4.69. The van der Waals surface area contributed by atoms with Gasteiger partial charge in [0.05, 0.1) is 21.2 Å². The fourth-order valence-corrected chi connectivity index (χ4v) is 7.07. The van der Waals surface area contributed by atoms with Crippen LogP contribution in [-0.4, -0.2) is 43.8 Å². The highest BCUT2D eigenvalue weighted by Crippen LogP contribution is 2.37. The highest BCUT2D eigenvalue weighted by molar-refractivity contribution is 7.92. The first-order valence-corrected chi connectivity index (χ1v) is 17.2. The number of hydrogen-bond donors (Lipinski definition) is 1. The molecule has 0 heterocycles. The SMILES string of the molecule is CC(C)NC(=O)[C@@H](Cc1ccccc1)N(Cc1ccc(Cl)cc1Cl)C(=O)CN(c1cc(C(F)(F)F)ccc1Cl)S(=O)(=O)c1ccccc1. The van der Waals surface area contributed by atoms with Gasteiger partial charge in [-0.15, -0.1) is 0 Å². The van der Waals surface area contributed by atoms with Crippen molar-refractivity contribution in [2.75, 3.05) is 10.8 Å². The van der Waals surface area contributed by atoms with Crippen molar-refractivity contribution in [1.82, 2.24) is 10.2 Å². The van der Waals surface area contributed by atoms with Gasteiger partial charge < -0.3 is 10.2 Å². The first kappa shape index (κ1) is 37.1. The molecule has 1 N–H and O–H groups in total. The molecule has 4 aromatic rings. The first-order chi connectivity index (χ1) is 22.6. The van der Waals surface area contributed by atoms with Crippen LogP contribution < -0.4 is 9.62 Å². The minimum Gasteiger partial charge on any atom is -0.352 e. The fourth-order valence-electron chi connectivity index (χ4n) is 4.88. The maximum Gasteiger partial charge on any atom is 0.416 e. The van der Waals surface area contributed by atoms with E-state index in [0.717, 1.165) is 11.0 Å². The van der Waals surface area contributed by atoms with E-state index < -0.39 is 51.9 Å². The summed E-state index contributed by atoms with van der Waals surface area (Å²) in [5, 5.41) is 2.97. The van der Waals surface area contributed by atoms with E-state index in [1.807, 2.05) is 0 Å². The van der Waals surface area contributed by atoms with Gasteiger partial charge in [0, 0.05) is 29.1 Å². The standard InChI is InChI=1S/C34H31Cl3F3N3O4S/c1-22(2)41-33(45)31(17-23-9-5-3-6-10-23)42(20-24-13-15-26(35)19-29(24)37)32(44)21-43(48(46,47)27-11-7-4-8-12-27)30-18-25(34(38,39)40)14-16-28(30)36/h3-16,18-19,22,31H,17,20-21H2,1-2H3,(H,41,45)/t31-/m1/s1. The Morgan fingerprint density at radius 3 is 2.04 bits per heavy atom. The lowest BCUT2D eigenvalue weighted by Crippen LogP contribution is -2.54. The first-order valence-electron chi connectivity index (χ1n) is 14.6. The summed E-state index contributed by atoms with van der Waals surface area (Å²) >= 11 is 18.9. The third-order valence-electron chi connectivity index (χ3n) is 7.21. The Kier molecular flexibility index (Phi) is 12.1. The summed E-state index contributed by atoms with van der Waals surface area (Å²) in [6, 6.07) is 21.0. The molecular formula is C34H31Cl3F3N3O4S. The van der Waals surface area contributed by atoms with Crippen molar-refractivity contribution in [2.45, 2.75) is 50.0 Å². The van der Waals surface area contributed by atoms with Crippen molar-refractivity contribution in [1.29, 1.82) is 0 Å². The maximum atomic E-state index is 14.5. The highest BCUT2D eigenvalue weighted by Gasteiger charge is 2.37. The number of hydrogen-bond acceptors (Lipinski definition) is 4. The Labute approximate surface area is 292 Å². The van der Waals surface area contributed by atoms with Crippen LogP contribution in [0.1, 0.15) is 30.5 Å². The second-order valence-corrected chi connectivity index (χ2v) is 14.2. The van der Waals surface area contributed by atoms with E-state index in [9.17, 15) is 31.2 Å². The zero-order valence-corrected chi connectivity index (χ0v) is 28.8. The van der Waals surface area contributed by atoms with E-state index in [1.54, 1.807) is 62.4 Å². The molecule has 0 aliphatic carbocycles. The Hall–Kier alpha value is -3.77. The van der Waals surface area contributed by atoms with Gasteiger partial charge in [0.2, 0.25) is 11.8 Å². The number of rotatable bonds is 12. The van der Waals surface area contributed by atoms with Gasteiger partial charge in [0.25, 0.3) is 10.0 Å². The van der Waals surface area contributed by atoms with Gasteiger partial charge in [-0.25, -0.2) is 8.42 Å². The van der Waals surface area contributed by atoms with E-state index in [0.29, 0.717) is 32.6 Å². The number of anilines is 1. The van der Waals surface area contributed by atoms with Crippen molar-refractivity contribution in [3.8, 4) is 0 Å². The molecule has 0 unspecified atom stereocenters. The third kappa shape index (κ3) is 9.22. The molecule has 0 fully saturated rings. The van der Waals surface area contributed by atoms with E-state index in [-0.39, 0.29) is 33.9 Å². The number of nitrogens with one attached hydrogen (secondary N) is 1. The van der Waals surface area contributed by atoms with E-state index >= 15 is 0 Å². The lowest BCUT2D eigenvalue weighted by molar-refractivity contribution is -0.140. The van der Waals surface area contributed by atoms with Gasteiger partial charge in [-0.3, -0.25) is 13.9 Å². The molecular weight excluding hydrogens is 710 g/mol. The summed E-state index contributed by atoms with van der Waals surface area (Å²) in [5.41, 5.74) is -0.666. The number of sulfonamides is 1. The second kappa shape index (κ2) is 15.6. The molecule has 0 saturated heterocycles. The lowest BCUT2D eigenvalue weighted by Gasteiger charge is -2.34. The van der Waals surface area contributed by atoms with Gasteiger partial charge in [-0.05, 0) is 67.4 Å². The Balaban J connectivity index is 1.89. The molecule has 4 aromatic carbocycles. The molecule has 0 saturated carbocycles. The quantitative estimate of drug-likeness (QED) is 0.160. The summed E-state index contributed by atoms with van der Waals surface area (Å²) in [6.07, 6.45) is -4.83. The molecule has 0 aliphatic rings. The fraction of sp³-hybridized carbons (Fsp3) is 0.235. The van der Waals surface area contributed by atoms with Crippen molar-refractivity contribution in [3.63, 3.8) is 0 Å². The largest absolute Gasteiger partial charge is 0.416 e. The Morgan fingerprint density at radius 2 is 1.46 bits per heavy atom. The number of carbonyl (C=O) groups is 2. The van der Waals surface area contributed by atoms with Crippen LogP contribution in [0.4, 0.5) is 18.9 Å². The van der Waals surface area contributed by atoms with E-state index in [2.05, 4.69) is 5.32 Å². The van der Waals surface area contributed by atoms with Crippen LogP contribution in [0, 0.1) is 0 Å². The van der Waals surface area contributed by atoms with Crippen molar-refractivity contribution in [2.24, 2.45) is 0 Å². The topological polar surface area (TPSA) is 86.8 Å². The lowest BCUT2D eigenvalue weighted by atomic mass is 10.0. The number of halogens is 6. The van der Waals surface area contributed by atoms with Crippen molar-refractivity contribution < 1.29 is 31.2 Å². The normalized spacial score (nSPS) is 12.4. The van der Waals surface area contributed by atoms with Gasteiger partial charge >= 0.3 is 6.18 Å². The molecule has 0 spiro atoms. The molecule has 254 valence electrons. The molecule has 1 atom stereocenters. The number of benzene rings is 4. The summed E-state index contributed by atoms with van der Waals surface area (Å²) in [5.74, 6) is -1.45. The molecule has 0 aromatic heterocycles. The van der Waals surface area contributed by atoms with Gasteiger partial charge in [0.15, 0.2) is 0 Å². The second-order valence-electron chi connectivity index (χ2n) is 11.1. The molecule has 0 bridgehead atoms. The smallest absolute Gasteiger partial charge is 0.352 e. The average Bonchev–Trinajstić information content (AvgIpc) is 3.02. The van der Waals surface area contributed by atoms with Gasteiger partial charge in [-0.2, -0.15) is 13.2 Å². The van der Waals surface area contributed by atoms with Crippen molar-refractivity contribution >= 4 is 62.3 Å². The number of amides is 2. The molecule has 48 heavy (non-hydrogen) atoms. The molecule has 0 radical (unpaired) electrons. The third-order valence-corrected chi connectivity index (χ3v) is 9.89. The predicted molar refractivity (Wildman–Crippen MR) is 182 cm³/mol. The van der Waals surface area contributed by atoms with Crippen LogP contribution in [0.3, 0.4) is 0 Å². The molecule has 7 nitrogen and oxygen atoms in total. The minimum absolute atomic E-state index is 0.0199. The molecule has 2 amide bonds. The number of nitrogens with zero attached hydrogens (tertiary/aromatic N) is 2. The van der Waals surface area contributed by atoms with Crippen molar-refractivity contribution in [3.05, 3.63) is 129 Å². The number of alkyl halides is 3. The highest BCUT2D eigenvalue weighted by atomic mass is 35.5. The summed E-state index contributed by atoms with van der Waals surface area (Å²) in [4.78, 5) is 29.2. The van der Waals surface area contributed by atoms with Crippen LogP contribution >= 0.6 is 34.8 Å². The predicted octanol–water partition coefficient (Wildman–Crippen LogP) is 8.03. The Bertz CT molecular complexity index is 1860. The Morgan fingerprint density at radius 1 is 0.833 bits per heavy atom. The van der Waals surface area contributed by atoms with Gasteiger partial charge in [0.1, 0.15) is 12.6 Å². The van der Waals surface area contributed by atoms with E-state index in [1.165, 1.54) is 30.3 Å². The molecule has 0 aliphatic heterocycles. The monoisotopic (exact) mass is 739 g/mol. The minimum atomic E-state index is -4.85.